The number of halogens is 1. The van der Waals surface area contributed by atoms with Crippen LogP contribution < -0.4 is 16.2 Å². The second-order valence-corrected chi connectivity index (χ2v) is 5.58. The number of nitrogens with one attached hydrogen (secondary N) is 1. The number of guanidine groups is 1. The second-order valence-electron chi connectivity index (χ2n) is 3.89. The van der Waals surface area contributed by atoms with Crippen LogP contribution in [0.4, 0.5) is 0 Å². The first kappa shape index (κ1) is 15.4. The predicted octanol–water partition coefficient (Wildman–Crippen LogP) is 0.149. The first-order valence-corrected chi connectivity index (χ1v) is 6.95. The van der Waals surface area contributed by atoms with E-state index in [0.29, 0.717) is 11.1 Å². The summed E-state index contributed by atoms with van der Waals surface area (Å²) < 4.78 is 25.9. The van der Waals surface area contributed by atoms with Gasteiger partial charge in [-0.2, -0.15) is 0 Å². The Labute approximate surface area is 115 Å². The first-order chi connectivity index (χ1) is 8.66. The molecule has 7 nitrogen and oxygen atoms in total. The largest absolute Gasteiger partial charge is 0.369 e. The molecule has 0 spiro atoms. The Kier molecular flexibility index (Phi) is 4.51. The van der Waals surface area contributed by atoms with Gasteiger partial charge in [0.15, 0.2) is 0 Å². The molecule has 0 atom stereocenters. The summed E-state index contributed by atoms with van der Waals surface area (Å²) in [5, 5.41) is 7.29. The van der Waals surface area contributed by atoms with E-state index in [0.717, 1.165) is 0 Å². The van der Waals surface area contributed by atoms with Crippen molar-refractivity contribution in [1.82, 2.24) is 5.32 Å². The topological polar surface area (TPSA) is 128 Å². The van der Waals surface area contributed by atoms with Crippen molar-refractivity contribution in [1.29, 1.82) is 0 Å². The van der Waals surface area contributed by atoms with Gasteiger partial charge >= 0.3 is 0 Å². The number of carbonyl (C=O) groups is 1. The lowest BCUT2D eigenvalue weighted by Gasteiger charge is -2.10. The Morgan fingerprint density at radius 3 is 2.42 bits per heavy atom. The fraction of sp³-hybridized carbons (Fsp3) is 0.200. The third kappa shape index (κ3) is 3.66. The van der Waals surface area contributed by atoms with Crippen LogP contribution in [0.15, 0.2) is 21.5 Å². The molecule has 1 rings (SSSR count). The molecule has 0 bridgehead atoms. The van der Waals surface area contributed by atoms with Crippen molar-refractivity contribution in [3.8, 4) is 0 Å². The van der Waals surface area contributed by atoms with Crippen molar-refractivity contribution in [2.75, 3.05) is 0 Å². The van der Waals surface area contributed by atoms with Crippen LogP contribution in [0.2, 0.25) is 0 Å². The van der Waals surface area contributed by atoms with Crippen LogP contribution in [-0.4, -0.2) is 20.3 Å². The highest BCUT2D eigenvalue weighted by Crippen LogP contribution is 2.20. The van der Waals surface area contributed by atoms with Crippen LogP contribution in [0.25, 0.3) is 0 Å². The van der Waals surface area contributed by atoms with Crippen molar-refractivity contribution >= 4 is 33.7 Å². The normalized spacial score (nSPS) is 12.3. The molecule has 104 valence electrons. The molecule has 0 saturated heterocycles. The number of primary sulfonamides is 1. The molecule has 0 radical (unpaired) electrons. The number of aryl methyl sites for hydroxylation is 1. The lowest BCUT2D eigenvalue weighted by Crippen LogP contribution is -2.36. The monoisotopic (exact) mass is 304 g/mol. The molecule has 1 amide bonds. The molecule has 1 aromatic carbocycles. The zero-order valence-corrected chi connectivity index (χ0v) is 11.8. The van der Waals surface area contributed by atoms with Crippen LogP contribution in [-0.2, 0) is 10.0 Å². The number of nitrogens with zero attached hydrogens (tertiary/aromatic N) is 1. The number of sulfonamides is 1. The summed E-state index contributed by atoms with van der Waals surface area (Å²) >= 11 is 5.08. The van der Waals surface area contributed by atoms with Gasteiger partial charge in [-0.25, -0.2) is 13.6 Å². The molecule has 0 unspecified atom stereocenters. The minimum absolute atomic E-state index is 0.0930. The summed E-state index contributed by atoms with van der Waals surface area (Å²) in [4.78, 5) is 11.7. The third-order valence-electron chi connectivity index (χ3n) is 2.52. The standard InChI is InChI=1S/C10H13ClN4O3S/c1-5-3-7(9(16)14-10(12)15-11)4-8(6(5)2)19(13,17)18/h3-4H,1-2H3,(H2,13,17,18)(H3,12,14,15,16). The predicted molar refractivity (Wildman–Crippen MR) is 72.2 cm³/mol. The van der Waals surface area contributed by atoms with Gasteiger partial charge in [-0.1, -0.05) is 0 Å². The van der Waals surface area contributed by atoms with E-state index in [-0.39, 0.29) is 16.4 Å². The minimum Gasteiger partial charge on any atom is -0.369 e. The summed E-state index contributed by atoms with van der Waals surface area (Å²) in [7, 11) is -3.91. The highest BCUT2D eigenvalue weighted by atomic mass is 35.5. The maximum absolute atomic E-state index is 11.8. The van der Waals surface area contributed by atoms with E-state index in [4.69, 9.17) is 22.6 Å². The molecule has 0 heterocycles. The first-order valence-electron chi connectivity index (χ1n) is 5.06. The number of benzene rings is 1. The fourth-order valence-corrected chi connectivity index (χ4v) is 2.38. The van der Waals surface area contributed by atoms with Gasteiger partial charge in [-0.15, -0.1) is 4.51 Å². The smallest absolute Gasteiger partial charge is 0.258 e. The summed E-state index contributed by atoms with van der Waals surface area (Å²) in [5.74, 6) is -0.919. The molecule has 5 N–H and O–H groups in total. The van der Waals surface area contributed by atoms with Gasteiger partial charge in [-0.05, 0) is 37.1 Å². The van der Waals surface area contributed by atoms with Gasteiger partial charge in [0.05, 0.1) is 4.90 Å². The van der Waals surface area contributed by atoms with E-state index in [1.807, 2.05) is 0 Å². The Bertz CT molecular complexity index is 655. The number of rotatable bonds is 2. The van der Waals surface area contributed by atoms with Crippen molar-refractivity contribution in [2.24, 2.45) is 15.4 Å². The Morgan fingerprint density at radius 2 is 1.95 bits per heavy atom. The Morgan fingerprint density at radius 1 is 1.37 bits per heavy atom. The van der Waals surface area contributed by atoms with Gasteiger partial charge in [0, 0.05) is 17.3 Å². The number of nitrogens with two attached hydrogens (primary N) is 2. The molecule has 0 fully saturated rings. The highest BCUT2D eigenvalue weighted by molar-refractivity contribution is 7.89. The van der Waals surface area contributed by atoms with Gasteiger partial charge in [0.25, 0.3) is 5.91 Å². The average molecular weight is 305 g/mol. The number of carbonyl (C=O) groups excluding carboxylic acids is 1. The summed E-state index contributed by atoms with van der Waals surface area (Å²) in [5.41, 5.74) is 6.43. The number of hydrogen-bond donors (Lipinski definition) is 3. The summed E-state index contributed by atoms with van der Waals surface area (Å²) in [6, 6.07) is 2.69. The van der Waals surface area contributed by atoms with Gasteiger partial charge in [0.2, 0.25) is 16.0 Å². The molecule has 0 aliphatic heterocycles. The van der Waals surface area contributed by atoms with Crippen LogP contribution >= 0.6 is 11.8 Å². The minimum atomic E-state index is -3.91. The molecule has 0 aliphatic carbocycles. The Balaban J connectivity index is 3.33. The quantitative estimate of drug-likeness (QED) is 0.530. The highest BCUT2D eigenvalue weighted by Gasteiger charge is 2.17. The van der Waals surface area contributed by atoms with E-state index in [1.54, 1.807) is 13.8 Å². The molecule has 1 aromatic rings. The van der Waals surface area contributed by atoms with E-state index in [2.05, 4.69) is 9.83 Å². The van der Waals surface area contributed by atoms with E-state index >= 15 is 0 Å². The lowest BCUT2D eigenvalue weighted by atomic mass is 10.1. The average Bonchev–Trinajstić information content (AvgIpc) is 2.30. The SMILES string of the molecule is Cc1cc(C(=O)NC(N)=NCl)cc(S(N)(=O)=O)c1C. The van der Waals surface area contributed by atoms with Crippen molar-refractivity contribution in [2.45, 2.75) is 18.7 Å². The molecular weight excluding hydrogens is 292 g/mol. The molecule has 19 heavy (non-hydrogen) atoms. The van der Waals surface area contributed by atoms with Crippen molar-refractivity contribution < 1.29 is 13.2 Å². The number of amides is 1. The maximum atomic E-state index is 11.8. The molecule has 0 saturated carbocycles. The summed E-state index contributed by atoms with van der Waals surface area (Å²) in [6.07, 6.45) is 0. The van der Waals surface area contributed by atoms with Crippen LogP contribution in [0, 0.1) is 13.8 Å². The third-order valence-corrected chi connectivity index (χ3v) is 3.74. The van der Waals surface area contributed by atoms with Gasteiger partial charge in [-0.3, -0.25) is 10.1 Å². The van der Waals surface area contributed by atoms with E-state index < -0.39 is 15.9 Å². The zero-order valence-electron chi connectivity index (χ0n) is 10.3. The summed E-state index contributed by atoms with van der Waals surface area (Å²) in [6.45, 7) is 3.27. The maximum Gasteiger partial charge on any atom is 0.258 e. The van der Waals surface area contributed by atoms with Crippen molar-refractivity contribution in [3.05, 3.63) is 28.8 Å². The van der Waals surface area contributed by atoms with Crippen LogP contribution in [0.5, 0.6) is 0 Å². The van der Waals surface area contributed by atoms with Gasteiger partial charge < -0.3 is 5.73 Å². The van der Waals surface area contributed by atoms with Gasteiger partial charge in [0.1, 0.15) is 0 Å². The molecule has 9 heteroatoms. The lowest BCUT2D eigenvalue weighted by molar-refractivity contribution is 0.0976. The zero-order chi connectivity index (χ0) is 14.8. The van der Waals surface area contributed by atoms with E-state index in [1.165, 1.54) is 12.1 Å². The molecular formula is C10H13ClN4O3S. The van der Waals surface area contributed by atoms with Crippen molar-refractivity contribution in [3.63, 3.8) is 0 Å². The van der Waals surface area contributed by atoms with Crippen LogP contribution in [0.3, 0.4) is 0 Å². The molecule has 0 aliphatic rings. The second kappa shape index (κ2) is 5.55. The Hall–Kier alpha value is -1.64. The number of hydrogen-bond acceptors (Lipinski definition) is 4. The van der Waals surface area contributed by atoms with Crippen LogP contribution in [0.1, 0.15) is 21.5 Å². The fourth-order valence-electron chi connectivity index (χ4n) is 1.46. The van der Waals surface area contributed by atoms with E-state index in [9.17, 15) is 13.2 Å². The molecule has 0 aromatic heterocycles.